The molecule has 1 saturated carbocycles. The summed E-state index contributed by atoms with van der Waals surface area (Å²) in [6.07, 6.45) is 3.55. The molecule has 1 amide bonds. The van der Waals surface area contributed by atoms with E-state index >= 15 is 0 Å². The summed E-state index contributed by atoms with van der Waals surface area (Å²) in [5.41, 5.74) is 2.81. The van der Waals surface area contributed by atoms with Gasteiger partial charge in [0, 0.05) is 29.5 Å². The minimum atomic E-state index is -0.168. The van der Waals surface area contributed by atoms with Crippen molar-refractivity contribution in [3.8, 4) is 5.75 Å². The molecule has 0 bridgehead atoms. The van der Waals surface area contributed by atoms with E-state index in [0.717, 1.165) is 41.9 Å². The minimum absolute atomic E-state index is 0.130. The molecule has 0 radical (unpaired) electrons. The summed E-state index contributed by atoms with van der Waals surface area (Å²) in [6.45, 7) is 1.03. The van der Waals surface area contributed by atoms with Gasteiger partial charge in [-0.1, -0.05) is 47.4 Å². The Morgan fingerprint density at radius 1 is 1.24 bits per heavy atom. The van der Waals surface area contributed by atoms with Crippen LogP contribution < -0.4 is 4.74 Å². The molecule has 5 nitrogen and oxygen atoms in total. The molecule has 29 heavy (non-hydrogen) atoms. The van der Waals surface area contributed by atoms with Gasteiger partial charge in [-0.2, -0.15) is 0 Å². The van der Waals surface area contributed by atoms with Crippen LogP contribution in [0, 0.1) is 5.92 Å². The van der Waals surface area contributed by atoms with Gasteiger partial charge in [-0.05, 0) is 42.7 Å². The fourth-order valence-corrected chi connectivity index (χ4v) is 4.03. The minimum Gasteiger partial charge on any atom is -0.496 e. The molecule has 0 unspecified atom stereocenters. The lowest BCUT2D eigenvalue weighted by atomic mass is 9.84. The van der Waals surface area contributed by atoms with Gasteiger partial charge in [0.1, 0.15) is 5.75 Å². The third kappa shape index (κ3) is 4.56. The first-order valence-corrected chi connectivity index (χ1v) is 10.4. The first-order valence-electron chi connectivity index (χ1n) is 10.0. The number of hydrogen-bond donors (Lipinski definition) is 0. The average Bonchev–Trinajstić information content (AvgIpc) is 3.14. The molecule has 2 aromatic carbocycles. The molecule has 0 spiro atoms. The van der Waals surface area contributed by atoms with Crippen molar-refractivity contribution in [2.75, 3.05) is 13.7 Å². The van der Waals surface area contributed by atoms with E-state index in [-0.39, 0.29) is 17.9 Å². The monoisotopic (exact) mass is 412 g/mol. The van der Waals surface area contributed by atoms with Crippen LogP contribution in [0.5, 0.6) is 5.75 Å². The lowest BCUT2D eigenvalue weighted by Crippen LogP contribution is -2.42. The SMILES string of the molecule is COc1ccccc1C1=NO[C@@H](CN(Cc2cccc(Cl)c2)C(=O)C2CCC2)C1. The van der Waals surface area contributed by atoms with Crippen LogP contribution in [0.4, 0.5) is 0 Å². The molecular formula is C23H25ClN2O3. The van der Waals surface area contributed by atoms with Crippen LogP contribution in [0.15, 0.2) is 53.7 Å². The van der Waals surface area contributed by atoms with E-state index in [1.807, 2.05) is 53.4 Å². The van der Waals surface area contributed by atoms with Crippen molar-refractivity contribution in [3.63, 3.8) is 0 Å². The molecule has 4 rings (SSSR count). The number of para-hydroxylation sites is 1. The normalized spacial score (nSPS) is 18.6. The summed E-state index contributed by atoms with van der Waals surface area (Å²) in [7, 11) is 1.65. The number of halogens is 1. The van der Waals surface area contributed by atoms with E-state index < -0.39 is 0 Å². The van der Waals surface area contributed by atoms with Crippen LogP contribution in [-0.4, -0.2) is 36.3 Å². The van der Waals surface area contributed by atoms with E-state index in [9.17, 15) is 4.79 Å². The van der Waals surface area contributed by atoms with E-state index in [1.54, 1.807) is 7.11 Å². The van der Waals surface area contributed by atoms with Crippen LogP contribution in [0.25, 0.3) is 0 Å². The van der Waals surface area contributed by atoms with Gasteiger partial charge >= 0.3 is 0 Å². The highest BCUT2D eigenvalue weighted by Gasteiger charge is 2.33. The third-order valence-electron chi connectivity index (χ3n) is 5.60. The van der Waals surface area contributed by atoms with Crippen molar-refractivity contribution in [2.45, 2.75) is 38.3 Å². The van der Waals surface area contributed by atoms with Gasteiger partial charge in [-0.25, -0.2) is 0 Å². The largest absolute Gasteiger partial charge is 0.496 e. The zero-order valence-electron chi connectivity index (χ0n) is 16.5. The summed E-state index contributed by atoms with van der Waals surface area (Å²) < 4.78 is 5.44. The Hall–Kier alpha value is -2.53. The van der Waals surface area contributed by atoms with E-state index in [2.05, 4.69) is 5.16 Å². The van der Waals surface area contributed by atoms with Gasteiger partial charge in [-0.15, -0.1) is 0 Å². The summed E-state index contributed by atoms with van der Waals surface area (Å²) >= 11 is 6.14. The topological polar surface area (TPSA) is 51.1 Å². The molecule has 1 aliphatic heterocycles. The standard InChI is InChI=1S/C23H25ClN2O3/c1-28-22-11-3-2-10-20(22)21-13-19(29-25-21)15-26(23(27)17-7-5-8-17)14-16-6-4-9-18(24)12-16/h2-4,6,9-12,17,19H,5,7-8,13-15H2,1H3/t19-/m1/s1. The number of methoxy groups -OCH3 is 1. The fourth-order valence-electron chi connectivity index (χ4n) is 3.82. The summed E-state index contributed by atoms with van der Waals surface area (Å²) in [5, 5.41) is 4.96. The highest BCUT2D eigenvalue weighted by atomic mass is 35.5. The molecule has 0 aromatic heterocycles. The number of nitrogens with zero attached hydrogens (tertiary/aromatic N) is 2. The Balaban J connectivity index is 1.46. The van der Waals surface area contributed by atoms with Gasteiger partial charge in [0.25, 0.3) is 0 Å². The van der Waals surface area contributed by atoms with Crippen LogP contribution in [0.2, 0.25) is 5.02 Å². The van der Waals surface area contributed by atoms with Gasteiger partial charge in [0.05, 0.1) is 19.4 Å². The van der Waals surface area contributed by atoms with E-state index in [1.165, 1.54) is 0 Å². The molecule has 1 heterocycles. The molecule has 6 heteroatoms. The highest BCUT2D eigenvalue weighted by Crippen LogP contribution is 2.30. The molecule has 152 valence electrons. The number of carbonyl (C=O) groups is 1. The predicted octanol–water partition coefficient (Wildman–Crippen LogP) is 4.67. The first kappa shape index (κ1) is 19.8. The zero-order valence-corrected chi connectivity index (χ0v) is 17.3. The number of rotatable bonds is 7. The second-order valence-electron chi connectivity index (χ2n) is 7.65. The highest BCUT2D eigenvalue weighted by molar-refractivity contribution is 6.30. The molecular weight excluding hydrogens is 388 g/mol. The van der Waals surface area contributed by atoms with E-state index in [4.69, 9.17) is 21.2 Å². The predicted molar refractivity (Wildman–Crippen MR) is 113 cm³/mol. The maximum absolute atomic E-state index is 13.0. The molecule has 0 N–H and O–H groups in total. The first-order chi connectivity index (χ1) is 14.1. The number of ether oxygens (including phenoxy) is 1. The van der Waals surface area contributed by atoms with Crippen molar-refractivity contribution in [3.05, 3.63) is 64.7 Å². The van der Waals surface area contributed by atoms with Crippen LogP contribution in [-0.2, 0) is 16.2 Å². The quantitative estimate of drug-likeness (QED) is 0.664. The molecule has 2 aromatic rings. The third-order valence-corrected chi connectivity index (χ3v) is 5.84. The Morgan fingerprint density at radius 3 is 2.79 bits per heavy atom. The van der Waals surface area contributed by atoms with Gasteiger partial charge < -0.3 is 14.5 Å². The summed E-state index contributed by atoms with van der Waals surface area (Å²) in [5.74, 6) is 1.10. The van der Waals surface area contributed by atoms with E-state index in [0.29, 0.717) is 24.5 Å². The second-order valence-corrected chi connectivity index (χ2v) is 8.08. The summed E-state index contributed by atoms with van der Waals surface area (Å²) in [4.78, 5) is 20.6. The molecule has 0 saturated heterocycles. The lowest BCUT2D eigenvalue weighted by molar-refractivity contribution is -0.140. The lowest BCUT2D eigenvalue weighted by Gasteiger charge is -2.32. The average molecular weight is 413 g/mol. The van der Waals surface area contributed by atoms with Crippen molar-refractivity contribution in [1.82, 2.24) is 4.90 Å². The Bertz CT molecular complexity index is 911. The van der Waals surface area contributed by atoms with Gasteiger partial charge in [-0.3, -0.25) is 4.79 Å². The van der Waals surface area contributed by atoms with Crippen LogP contribution in [0.3, 0.4) is 0 Å². The fraction of sp³-hybridized carbons (Fsp3) is 0.391. The van der Waals surface area contributed by atoms with Crippen LogP contribution in [0.1, 0.15) is 36.8 Å². The number of oxime groups is 1. The maximum Gasteiger partial charge on any atom is 0.226 e. The van der Waals surface area contributed by atoms with Crippen molar-refractivity contribution < 1.29 is 14.4 Å². The second kappa shape index (κ2) is 8.87. The zero-order chi connectivity index (χ0) is 20.2. The number of carbonyl (C=O) groups excluding carboxylic acids is 1. The Labute approximate surface area is 176 Å². The number of benzene rings is 2. The smallest absolute Gasteiger partial charge is 0.226 e. The van der Waals surface area contributed by atoms with Gasteiger partial charge in [0.15, 0.2) is 6.10 Å². The Morgan fingerprint density at radius 2 is 2.07 bits per heavy atom. The van der Waals surface area contributed by atoms with Crippen LogP contribution >= 0.6 is 11.6 Å². The number of amides is 1. The summed E-state index contributed by atoms with van der Waals surface area (Å²) in [6, 6.07) is 15.5. The molecule has 2 aliphatic rings. The molecule has 1 aliphatic carbocycles. The molecule has 1 fully saturated rings. The molecule has 1 atom stereocenters. The van der Waals surface area contributed by atoms with Crippen molar-refractivity contribution >= 4 is 23.2 Å². The van der Waals surface area contributed by atoms with Crippen molar-refractivity contribution in [1.29, 1.82) is 0 Å². The van der Waals surface area contributed by atoms with Gasteiger partial charge in [0.2, 0.25) is 5.91 Å². The Kier molecular flexibility index (Phi) is 6.05. The van der Waals surface area contributed by atoms with Crippen molar-refractivity contribution in [2.24, 2.45) is 11.1 Å². The number of hydrogen-bond acceptors (Lipinski definition) is 4. The maximum atomic E-state index is 13.0.